The number of rotatable bonds is 6. The Hall–Kier alpha value is -1.92. The first-order chi connectivity index (χ1) is 9.58. The second-order valence-electron chi connectivity index (χ2n) is 5.03. The van der Waals surface area contributed by atoms with E-state index in [1.54, 1.807) is 4.68 Å². The third-order valence-corrected chi connectivity index (χ3v) is 3.00. The summed E-state index contributed by atoms with van der Waals surface area (Å²) < 4.78 is 6.31. The molecule has 6 heteroatoms. The van der Waals surface area contributed by atoms with E-state index >= 15 is 0 Å². The van der Waals surface area contributed by atoms with Gasteiger partial charge in [-0.2, -0.15) is 0 Å². The Kier molecular flexibility index (Phi) is 4.70. The second kappa shape index (κ2) is 6.49. The third kappa shape index (κ3) is 3.55. The van der Waals surface area contributed by atoms with Crippen molar-refractivity contribution in [3.05, 3.63) is 35.5 Å². The predicted molar refractivity (Wildman–Crippen MR) is 72.5 cm³/mol. The average molecular weight is 276 g/mol. The Balaban J connectivity index is 2.09. The van der Waals surface area contributed by atoms with Crippen molar-refractivity contribution in [1.82, 2.24) is 15.5 Å². The average Bonchev–Trinajstić information content (AvgIpc) is 2.77. The lowest BCUT2D eigenvalue weighted by Gasteiger charge is -2.09. The maximum absolute atomic E-state index is 11.7. The molecule has 0 spiro atoms. The molecule has 0 amide bonds. The molecule has 0 fully saturated rings. The topological polar surface area (TPSA) is 68.2 Å². The van der Waals surface area contributed by atoms with Gasteiger partial charge in [-0.3, -0.25) is 0 Å². The van der Waals surface area contributed by atoms with Crippen LogP contribution in [0, 0.1) is 6.92 Å². The lowest BCUT2D eigenvalue weighted by Crippen LogP contribution is -2.39. The van der Waals surface area contributed by atoms with Crippen LogP contribution in [0.4, 0.5) is 0 Å². The number of hydrogen-bond donors (Lipinski definition) is 1. The van der Waals surface area contributed by atoms with Gasteiger partial charge < -0.3 is 19.8 Å². The summed E-state index contributed by atoms with van der Waals surface area (Å²) in [5, 5.41) is 18.7. The van der Waals surface area contributed by atoms with Gasteiger partial charge >= 0.3 is 0 Å². The predicted octanol–water partition coefficient (Wildman–Crippen LogP) is -0.0155. The lowest BCUT2D eigenvalue weighted by atomic mass is 10.2. The smallest absolute Gasteiger partial charge is 0.253 e. The molecule has 1 aromatic carbocycles. The second-order valence-corrected chi connectivity index (χ2v) is 5.03. The molecule has 20 heavy (non-hydrogen) atoms. The van der Waals surface area contributed by atoms with Crippen molar-refractivity contribution in [2.24, 2.45) is 0 Å². The fraction of sp³-hybridized carbons (Fsp3) is 0.429. The van der Waals surface area contributed by atoms with E-state index in [0.29, 0.717) is 12.2 Å². The summed E-state index contributed by atoms with van der Waals surface area (Å²) >= 11 is 0. The number of aromatic nitrogens is 2. The highest BCUT2D eigenvalue weighted by atomic mass is 16.6. The Morgan fingerprint density at radius 1 is 1.30 bits per heavy atom. The van der Waals surface area contributed by atoms with E-state index in [2.05, 4.69) is 15.5 Å². The monoisotopic (exact) mass is 276 g/mol. The minimum Gasteiger partial charge on any atom is -0.539 e. The zero-order valence-corrected chi connectivity index (χ0v) is 12.1. The van der Waals surface area contributed by atoms with Crippen molar-refractivity contribution in [2.75, 3.05) is 27.2 Å². The highest BCUT2D eigenvalue weighted by molar-refractivity contribution is 5.27. The van der Waals surface area contributed by atoms with Crippen LogP contribution in [-0.4, -0.2) is 37.4 Å². The van der Waals surface area contributed by atoms with Gasteiger partial charge in [0.25, 0.3) is 5.69 Å². The molecule has 1 N–H and O–H groups in total. The zero-order valence-electron chi connectivity index (χ0n) is 12.1. The summed E-state index contributed by atoms with van der Waals surface area (Å²) in [6.07, 6.45) is 0. The lowest BCUT2D eigenvalue weighted by molar-refractivity contribution is -0.677. The first-order valence-electron chi connectivity index (χ1n) is 6.58. The SMILES string of the molecule is Cc1ccc(-[n+]2noc([O-])c2CNCCN(C)C)cc1. The Morgan fingerprint density at radius 2 is 2.00 bits per heavy atom. The molecule has 2 aromatic rings. The maximum atomic E-state index is 11.7. The Morgan fingerprint density at radius 3 is 2.65 bits per heavy atom. The van der Waals surface area contributed by atoms with E-state index in [0.717, 1.165) is 24.3 Å². The highest BCUT2D eigenvalue weighted by Gasteiger charge is 2.19. The number of benzene rings is 1. The van der Waals surface area contributed by atoms with Gasteiger partial charge in [0.1, 0.15) is 0 Å². The van der Waals surface area contributed by atoms with Gasteiger partial charge in [-0.15, -0.1) is 0 Å². The van der Waals surface area contributed by atoms with Crippen LogP contribution < -0.4 is 15.1 Å². The van der Waals surface area contributed by atoms with Gasteiger partial charge in [-0.05, 0) is 25.7 Å². The van der Waals surface area contributed by atoms with Crippen molar-refractivity contribution in [1.29, 1.82) is 0 Å². The van der Waals surface area contributed by atoms with E-state index in [-0.39, 0.29) is 0 Å². The van der Waals surface area contributed by atoms with Crippen LogP contribution in [0.2, 0.25) is 0 Å². The van der Waals surface area contributed by atoms with Crippen LogP contribution in [0.1, 0.15) is 11.3 Å². The molecule has 0 radical (unpaired) electrons. The summed E-state index contributed by atoms with van der Waals surface area (Å²) in [5.74, 6) is -0.400. The van der Waals surface area contributed by atoms with Crippen molar-refractivity contribution in [3.8, 4) is 11.6 Å². The van der Waals surface area contributed by atoms with Crippen molar-refractivity contribution in [3.63, 3.8) is 0 Å². The van der Waals surface area contributed by atoms with Crippen LogP contribution in [0.15, 0.2) is 28.8 Å². The minimum atomic E-state index is -0.400. The van der Waals surface area contributed by atoms with Gasteiger partial charge in [0, 0.05) is 25.2 Å². The molecular formula is C14H20N4O2. The molecule has 1 aromatic heterocycles. The molecule has 2 rings (SSSR count). The standard InChI is InChI=1S/C14H20N4O2/c1-11-4-6-12(7-5-11)18-13(14(19)20-16-18)10-15-8-9-17(2)3/h4-7,15H,8-10H2,1-3H3. The van der Waals surface area contributed by atoms with Gasteiger partial charge in [0.05, 0.1) is 11.8 Å². The van der Waals surface area contributed by atoms with Crippen molar-refractivity contribution < 1.29 is 14.3 Å². The summed E-state index contributed by atoms with van der Waals surface area (Å²) in [6.45, 7) is 4.15. The molecule has 0 aliphatic heterocycles. The van der Waals surface area contributed by atoms with E-state index in [1.165, 1.54) is 0 Å². The van der Waals surface area contributed by atoms with Crippen LogP contribution in [0.5, 0.6) is 5.95 Å². The summed E-state index contributed by atoms with van der Waals surface area (Å²) in [6, 6.07) is 7.79. The number of nitrogens with one attached hydrogen (secondary N) is 1. The molecule has 0 aliphatic rings. The first-order valence-corrected chi connectivity index (χ1v) is 6.58. The molecule has 1 heterocycles. The summed E-state index contributed by atoms with van der Waals surface area (Å²) in [7, 11) is 4.01. The third-order valence-electron chi connectivity index (χ3n) is 3.00. The fourth-order valence-corrected chi connectivity index (χ4v) is 1.81. The minimum absolute atomic E-state index is 0.400. The molecule has 0 saturated carbocycles. The number of hydrogen-bond acceptors (Lipinski definition) is 5. The zero-order chi connectivity index (χ0) is 14.5. The molecule has 0 unspecified atom stereocenters. The van der Waals surface area contributed by atoms with Crippen molar-refractivity contribution in [2.45, 2.75) is 13.5 Å². The van der Waals surface area contributed by atoms with Crippen LogP contribution >= 0.6 is 0 Å². The molecular weight excluding hydrogens is 256 g/mol. The molecule has 0 bridgehead atoms. The largest absolute Gasteiger partial charge is 0.539 e. The number of nitrogens with zero attached hydrogens (tertiary/aromatic N) is 3. The summed E-state index contributed by atoms with van der Waals surface area (Å²) in [5.41, 5.74) is 2.49. The molecule has 6 nitrogen and oxygen atoms in total. The Bertz CT molecular complexity index is 549. The first kappa shape index (κ1) is 14.5. The van der Waals surface area contributed by atoms with E-state index < -0.39 is 5.95 Å². The number of likely N-dealkylation sites (N-methyl/N-ethyl adjacent to an activating group) is 1. The quantitative estimate of drug-likeness (QED) is 0.593. The molecule has 0 aliphatic carbocycles. The van der Waals surface area contributed by atoms with E-state index in [9.17, 15) is 5.11 Å². The normalized spacial score (nSPS) is 11.2. The van der Waals surface area contributed by atoms with Crippen LogP contribution in [0.25, 0.3) is 5.69 Å². The van der Waals surface area contributed by atoms with E-state index in [4.69, 9.17) is 4.52 Å². The maximum Gasteiger partial charge on any atom is 0.253 e. The van der Waals surface area contributed by atoms with Gasteiger partial charge in [0.15, 0.2) is 5.95 Å². The van der Waals surface area contributed by atoms with Gasteiger partial charge in [-0.1, -0.05) is 17.7 Å². The molecule has 108 valence electrons. The highest BCUT2D eigenvalue weighted by Crippen LogP contribution is 2.10. The van der Waals surface area contributed by atoms with Crippen molar-refractivity contribution >= 4 is 0 Å². The Labute approximate surface area is 118 Å². The van der Waals surface area contributed by atoms with Gasteiger partial charge in [0.2, 0.25) is 5.69 Å². The van der Waals surface area contributed by atoms with E-state index in [1.807, 2.05) is 45.3 Å². The van der Waals surface area contributed by atoms with Gasteiger partial charge in [-0.25, -0.2) is 0 Å². The number of aryl methyl sites for hydroxylation is 1. The van der Waals surface area contributed by atoms with Crippen LogP contribution in [-0.2, 0) is 6.54 Å². The van der Waals surface area contributed by atoms with Crippen LogP contribution in [0.3, 0.4) is 0 Å². The molecule has 0 saturated heterocycles. The fourth-order valence-electron chi connectivity index (χ4n) is 1.81. The molecule has 0 atom stereocenters. The summed E-state index contributed by atoms with van der Waals surface area (Å²) in [4.78, 5) is 2.08.